The van der Waals surface area contributed by atoms with Crippen molar-refractivity contribution >= 4 is 11.9 Å². The SMILES string of the molecule is CCOC(=O)CCC1(C(=O)OC(C)(C)C)CCCC1. The fourth-order valence-electron chi connectivity index (χ4n) is 2.57. The van der Waals surface area contributed by atoms with Gasteiger partial charge in [-0.25, -0.2) is 0 Å². The number of esters is 2. The highest BCUT2D eigenvalue weighted by atomic mass is 16.6. The van der Waals surface area contributed by atoms with E-state index in [0.717, 1.165) is 25.7 Å². The first-order valence-corrected chi connectivity index (χ1v) is 7.18. The first kappa shape index (κ1) is 16.0. The molecule has 4 heteroatoms. The highest BCUT2D eigenvalue weighted by Gasteiger charge is 2.43. The Balaban J connectivity index is 2.64. The van der Waals surface area contributed by atoms with Crippen LogP contribution in [0.1, 0.15) is 66.2 Å². The molecule has 1 aliphatic rings. The Morgan fingerprint density at radius 1 is 1.16 bits per heavy atom. The van der Waals surface area contributed by atoms with Crippen LogP contribution in [0.15, 0.2) is 0 Å². The van der Waals surface area contributed by atoms with Gasteiger partial charge in [0.1, 0.15) is 5.60 Å². The van der Waals surface area contributed by atoms with Crippen molar-refractivity contribution in [2.24, 2.45) is 5.41 Å². The largest absolute Gasteiger partial charge is 0.466 e. The summed E-state index contributed by atoms with van der Waals surface area (Å²) >= 11 is 0. The first-order chi connectivity index (χ1) is 8.79. The molecule has 1 saturated carbocycles. The van der Waals surface area contributed by atoms with E-state index in [1.54, 1.807) is 6.92 Å². The van der Waals surface area contributed by atoms with Crippen LogP contribution < -0.4 is 0 Å². The predicted molar refractivity (Wildman–Crippen MR) is 72.6 cm³/mol. The summed E-state index contributed by atoms with van der Waals surface area (Å²) in [5.74, 6) is -0.376. The smallest absolute Gasteiger partial charge is 0.312 e. The maximum atomic E-state index is 12.4. The van der Waals surface area contributed by atoms with Crippen LogP contribution in [-0.2, 0) is 19.1 Å². The molecule has 0 N–H and O–H groups in total. The second-order valence-corrected chi connectivity index (χ2v) is 6.29. The summed E-state index contributed by atoms with van der Waals surface area (Å²) in [6, 6.07) is 0. The van der Waals surface area contributed by atoms with E-state index in [9.17, 15) is 9.59 Å². The van der Waals surface area contributed by atoms with Crippen molar-refractivity contribution in [3.63, 3.8) is 0 Å². The molecule has 1 rings (SSSR count). The van der Waals surface area contributed by atoms with Gasteiger partial charge in [-0.05, 0) is 47.0 Å². The third-order valence-electron chi connectivity index (χ3n) is 3.51. The van der Waals surface area contributed by atoms with Crippen molar-refractivity contribution in [3.05, 3.63) is 0 Å². The zero-order valence-corrected chi connectivity index (χ0v) is 12.6. The Hall–Kier alpha value is -1.06. The van der Waals surface area contributed by atoms with Crippen LogP contribution in [0.2, 0.25) is 0 Å². The molecule has 0 spiro atoms. The average Bonchev–Trinajstić information content (AvgIpc) is 2.74. The fourth-order valence-corrected chi connectivity index (χ4v) is 2.57. The quantitative estimate of drug-likeness (QED) is 0.720. The third kappa shape index (κ3) is 4.84. The second-order valence-electron chi connectivity index (χ2n) is 6.29. The van der Waals surface area contributed by atoms with Gasteiger partial charge in [0.25, 0.3) is 0 Å². The van der Waals surface area contributed by atoms with E-state index in [1.165, 1.54) is 0 Å². The summed E-state index contributed by atoms with van der Waals surface area (Å²) in [6.07, 6.45) is 4.54. The Morgan fingerprint density at radius 2 is 1.74 bits per heavy atom. The molecule has 1 fully saturated rings. The summed E-state index contributed by atoms with van der Waals surface area (Å²) in [5, 5.41) is 0. The molecule has 0 amide bonds. The number of hydrogen-bond acceptors (Lipinski definition) is 4. The van der Waals surface area contributed by atoms with E-state index in [-0.39, 0.29) is 11.9 Å². The minimum absolute atomic E-state index is 0.151. The van der Waals surface area contributed by atoms with Crippen molar-refractivity contribution in [1.82, 2.24) is 0 Å². The summed E-state index contributed by atoms with van der Waals surface area (Å²) in [4.78, 5) is 23.9. The van der Waals surface area contributed by atoms with Crippen molar-refractivity contribution in [1.29, 1.82) is 0 Å². The topological polar surface area (TPSA) is 52.6 Å². The van der Waals surface area contributed by atoms with Crippen LogP contribution in [0.4, 0.5) is 0 Å². The number of carbonyl (C=O) groups excluding carboxylic acids is 2. The number of carbonyl (C=O) groups is 2. The fraction of sp³-hybridized carbons (Fsp3) is 0.867. The summed E-state index contributed by atoms with van der Waals surface area (Å²) in [6.45, 7) is 7.80. The maximum absolute atomic E-state index is 12.4. The lowest BCUT2D eigenvalue weighted by atomic mass is 9.81. The Morgan fingerprint density at radius 3 is 2.21 bits per heavy atom. The van der Waals surface area contributed by atoms with Crippen molar-refractivity contribution in [2.45, 2.75) is 71.8 Å². The Labute approximate surface area is 115 Å². The average molecular weight is 270 g/mol. The molecule has 0 bridgehead atoms. The molecular weight excluding hydrogens is 244 g/mol. The van der Waals surface area contributed by atoms with Crippen LogP contribution in [0.5, 0.6) is 0 Å². The molecule has 0 saturated heterocycles. The summed E-state index contributed by atoms with van der Waals surface area (Å²) < 4.78 is 10.5. The zero-order valence-electron chi connectivity index (χ0n) is 12.6. The summed E-state index contributed by atoms with van der Waals surface area (Å²) in [7, 11) is 0. The third-order valence-corrected chi connectivity index (χ3v) is 3.51. The lowest BCUT2D eigenvalue weighted by Gasteiger charge is -2.30. The molecule has 0 radical (unpaired) electrons. The van der Waals surface area contributed by atoms with Crippen molar-refractivity contribution in [3.8, 4) is 0 Å². The maximum Gasteiger partial charge on any atom is 0.312 e. The van der Waals surface area contributed by atoms with Crippen LogP contribution >= 0.6 is 0 Å². The highest BCUT2D eigenvalue weighted by molar-refractivity contribution is 5.79. The molecule has 0 aromatic rings. The monoisotopic (exact) mass is 270 g/mol. The second kappa shape index (κ2) is 6.40. The summed E-state index contributed by atoms with van der Waals surface area (Å²) in [5.41, 5.74) is -0.948. The van der Waals surface area contributed by atoms with Crippen LogP contribution in [-0.4, -0.2) is 24.1 Å². The van der Waals surface area contributed by atoms with Crippen LogP contribution in [0.3, 0.4) is 0 Å². The van der Waals surface area contributed by atoms with Crippen LogP contribution in [0, 0.1) is 5.41 Å². The predicted octanol–water partition coefficient (Wildman–Crippen LogP) is 3.23. The van der Waals surface area contributed by atoms with Crippen molar-refractivity contribution < 1.29 is 19.1 Å². The van der Waals surface area contributed by atoms with E-state index in [2.05, 4.69) is 0 Å². The standard InChI is InChI=1S/C15H26O4/c1-5-18-12(16)8-11-15(9-6-7-10-15)13(17)19-14(2,3)4/h5-11H2,1-4H3. The molecule has 1 aliphatic carbocycles. The van der Waals surface area contributed by atoms with Gasteiger partial charge < -0.3 is 9.47 Å². The normalized spacial score (nSPS) is 18.1. The molecule has 0 aromatic carbocycles. The van der Waals surface area contributed by atoms with Gasteiger partial charge in [0.2, 0.25) is 0 Å². The van der Waals surface area contributed by atoms with Gasteiger partial charge in [0.05, 0.1) is 12.0 Å². The Bertz CT molecular complexity index is 322. The minimum Gasteiger partial charge on any atom is -0.466 e. The van der Waals surface area contributed by atoms with E-state index in [4.69, 9.17) is 9.47 Å². The minimum atomic E-state index is -0.476. The number of hydrogen-bond donors (Lipinski definition) is 0. The molecule has 4 nitrogen and oxygen atoms in total. The molecule has 0 heterocycles. The van der Waals surface area contributed by atoms with E-state index >= 15 is 0 Å². The van der Waals surface area contributed by atoms with Gasteiger partial charge in [0, 0.05) is 6.42 Å². The number of ether oxygens (including phenoxy) is 2. The molecular formula is C15H26O4. The molecule has 0 aromatic heterocycles. The molecule has 19 heavy (non-hydrogen) atoms. The van der Waals surface area contributed by atoms with Crippen LogP contribution in [0.25, 0.3) is 0 Å². The van der Waals surface area contributed by atoms with E-state index < -0.39 is 11.0 Å². The van der Waals surface area contributed by atoms with Gasteiger partial charge >= 0.3 is 11.9 Å². The zero-order chi connectivity index (χ0) is 14.5. The van der Waals surface area contributed by atoms with Crippen molar-refractivity contribution in [2.75, 3.05) is 6.61 Å². The van der Waals surface area contributed by atoms with Gasteiger partial charge in [-0.15, -0.1) is 0 Å². The molecule has 0 atom stereocenters. The van der Waals surface area contributed by atoms with Gasteiger partial charge in [-0.1, -0.05) is 12.8 Å². The molecule has 0 unspecified atom stereocenters. The lowest BCUT2D eigenvalue weighted by Crippen LogP contribution is -2.36. The van der Waals surface area contributed by atoms with E-state index in [0.29, 0.717) is 19.4 Å². The van der Waals surface area contributed by atoms with Gasteiger partial charge in [-0.3, -0.25) is 9.59 Å². The van der Waals surface area contributed by atoms with Gasteiger partial charge in [0.15, 0.2) is 0 Å². The van der Waals surface area contributed by atoms with Gasteiger partial charge in [-0.2, -0.15) is 0 Å². The highest BCUT2D eigenvalue weighted by Crippen LogP contribution is 2.43. The lowest BCUT2D eigenvalue weighted by molar-refractivity contribution is -0.168. The molecule has 0 aliphatic heterocycles. The Kier molecular flexibility index (Phi) is 5.39. The molecule has 110 valence electrons. The number of rotatable bonds is 5. The first-order valence-electron chi connectivity index (χ1n) is 7.18. The van der Waals surface area contributed by atoms with E-state index in [1.807, 2.05) is 20.8 Å².